The van der Waals surface area contributed by atoms with Crippen LogP contribution in [0.1, 0.15) is 30.9 Å². The van der Waals surface area contributed by atoms with Crippen molar-refractivity contribution in [3.63, 3.8) is 0 Å². The molecule has 1 aliphatic heterocycles. The lowest BCUT2D eigenvalue weighted by Crippen LogP contribution is -2.41. The second-order valence-electron chi connectivity index (χ2n) is 5.62. The fraction of sp³-hybridized carbons (Fsp3) is 0.562. The predicted octanol–water partition coefficient (Wildman–Crippen LogP) is 2.94. The van der Waals surface area contributed by atoms with Gasteiger partial charge in [0.05, 0.1) is 0 Å². The third kappa shape index (κ3) is 3.72. The van der Waals surface area contributed by atoms with Crippen molar-refractivity contribution in [2.24, 2.45) is 5.92 Å². The van der Waals surface area contributed by atoms with Gasteiger partial charge in [-0.25, -0.2) is 0 Å². The normalized spacial score (nSPS) is 19.3. The van der Waals surface area contributed by atoms with Gasteiger partial charge in [0.1, 0.15) is 5.75 Å². The van der Waals surface area contributed by atoms with Gasteiger partial charge in [0.25, 0.3) is 5.91 Å². The number of ether oxygens (including phenoxy) is 1. The molecule has 1 saturated heterocycles. The summed E-state index contributed by atoms with van der Waals surface area (Å²) < 4.78 is 5.60. The number of hydrogen-bond acceptors (Lipinski definition) is 2. The molecule has 1 atom stereocenters. The van der Waals surface area contributed by atoms with Crippen LogP contribution in [0.4, 0.5) is 0 Å². The van der Waals surface area contributed by atoms with E-state index < -0.39 is 0 Å². The molecule has 104 valence electrons. The summed E-state index contributed by atoms with van der Waals surface area (Å²) in [4.78, 5) is 14.0. The Labute approximate surface area is 115 Å². The molecule has 0 saturated carbocycles. The molecule has 3 heteroatoms. The fourth-order valence-electron chi connectivity index (χ4n) is 2.46. The molecule has 0 radical (unpaired) electrons. The lowest BCUT2D eigenvalue weighted by atomic mass is 10.0. The minimum Gasteiger partial charge on any atom is -0.484 e. The quantitative estimate of drug-likeness (QED) is 0.837. The molecule has 1 aromatic rings. The van der Waals surface area contributed by atoms with Gasteiger partial charge in [0, 0.05) is 13.1 Å². The summed E-state index contributed by atoms with van der Waals surface area (Å²) in [6, 6.07) is 5.94. The fourth-order valence-corrected chi connectivity index (χ4v) is 2.46. The molecular weight excluding hydrogens is 238 g/mol. The van der Waals surface area contributed by atoms with Gasteiger partial charge in [-0.2, -0.15) is 0 Å². The topological polar surface area (TPSA) is 29.5 Å². The van der Waals surface area contributed by atoms with Crippen molar-refractivity contribution >= 4 is 5.91 Å². The Morgan fingerprint density at radius 3 is 2.84 bits per heavy atom. The van der Waals surface area contributed by atoms with E-state index in [0.29, 0.717) is 5.92 Å². The van der Waals surface area contributed by atoms with Crippen molar-refractivity contribution < 1.29 is 9.53 Å². The zero-order valence-electron chi connectivity index (χ0n) is 12.1. The summed E-state index contributed by atoms with van der Waals surface area (Å²) in [7, 11) is 0. The molecular formula is C16H23NO2. The average Bonchev–Trinajstić information content (AvgIpc) is 2.40. The standard InChI is InChI=1S/C16H23NO2/c1-12-5-4-8-17(10-12)16(18)11-19-15-7-6-13(2)14(3)9-15/h6-7,9,12H,4-5,8,10-11H2,1-3H3/t12-/m1/s1. The molecule has 2 rings (SSSR count). The molecule has 19 heavy (non-hydrogen) atoms. The van der Waals surface area contributed by atoms with E-state index in [9.17, 15) is 4.79 Å². The van der Waals surface area contributed by atoms with Crippen LogP contribution in [0.15, 0.2) is 18.2 Å². The molecule has 0 unspecified atom stereocenters. The minimum absolute atomic E-state index is 0.102. The van der Waals surface area contributed by atoms with E-state index in [1.807, 2.05) is 23.1 Å². The number of piperidine rings is 1. The Hall–Kier alpha value is -1.51. The highest BCUT2D eigenvalue weighted by Gasteiger charge is 2.21. The van der Waals surface area contributed by atoms with Gasteiger partial charge >= 0.3 is 0 Å². The van der Waals surface area contributed by atoms with Crippen molar-refractivity contribution in [3.05, 3.63) is 29.3 Å². The number of aryl methyl sites for hydroxylation is 2. The van der Waals surface area contributed by atoms with Crippen LogP contribution in [-0.2, 0) is 4.79 Å². The van der Waals surface area contributed by atoms with Gasteiger partial charge in [-0.15, -0.1) is 0 Å². The first-order chi connectivity index (χ1) is 9.06. The van der Waals surface area contributed by atoms with Gasteiger partial charge in [0.15, 0.2) is 6.61 Å². The zero-order valence-corrected chi connectivity index (χ0v) is 12.1. The van der Waals surface area contributed by atoms with Crippen molar-refractivity contribution in [2.75, 3.05) is 19.7 Å². The number of nitrogens with zero attached hydrogens (tertiary/aromatic N) is 1. The second kappa shape index (κ2) is 6.09. The first kappa shape index (κ1) is 13.9. The van der Waals surface area contributed by atoms with Gasteiger partial charge in [0.2, 0.25) is 0 Å². The number of amides is 1. The Morgan fingerprint density at radius 2 is 2.16 bits per heavy atom. The second-order valence-corrected chi connectivity index (χ2v) is 5.62. The Bertz CT molecular complexity index is 456. The van der Waals surface area contributed by atoms with Crippen LogP contribution < -0.4 is 4.74 Å². The molecule has 0 N–H and O–H groups in total. The first-order valence-electron chi connectivity index (χ1n) is 7.04. The van der Waals surface area contributed by atoms with E-state index in [4.69, 9.17) is 4.74 Å². The van der Waals surface area contributed by atoms with E-state index in [-0.39, 0.29) is 12.5 Å². The predicted molar refractivity (Wildman–Crippen MR) is 76.4 cm³/mol. The van der Waals surface area contributed by atoms with E-state index in [0.717, 1.165) is 25.3 Å². The summed E-state index contributed by atoms with van der Waals surface area (Å²) in [5.41, 5.74) is 2.43. The zero-order chi connectivity index (χ0) is 13.8. The van der Waals surface area contributed by atoms with Crippen LogP contribution in [0.3, 0.4) is 0 Å². The molecule has 1 aromatic carbocycles. The molecule has 1 fully saturated rings. The molecule has 0 spiro atoms. The summed E-state index contributed by atoms with van der Waals surface area (Å²) >= 11 is 0. The summed E-state index contributed by atoms with van der Waals surface area (Å²) in [5, 5.41) is 0. The lowest BCUT2D eigenvalue weighted by molar-refractivity contribution is -0.135. The highest BCUT2D eigenvalue weighted by molar-refractivity contribution is 5.77. The Kier molecular flexibility index (Phi) is 4.46. The third-order valence-corrected chi connectivity index (χ3v) is 3.85. The molecule has 1 aliphatic rings. The molecule has 0 aliphatic carbocycles. The maximum atomic E-state index is 12.1. The van der Waals surface area contributed by atoms with Crippen LogP contribution in [-0.4, -0.2) is 30.5 Å². The highest BCUT2D eigenvalue weighted by atomic mass is 16.5. The molecule has 3 nitrogen and oxygen atoms in total. The SMILES string of the molecule is Cc1ccc(OCC(=O)N2CCC[C@@H](C)C2)cc1C. The summed E-state index contributed by atoms with van der Waals surface area (Å²) in [6.07, 6.45) is 2.33. The molecule has 0 aromatic heterocycles. The first-order valence-corrected chi connectivity index (χ1v) is 7.04. The number of carbonyl (C=O) groups is 1. The van der Waals surface area contributed by atoms with Gasteiger partial charge < -0.3 is 9.64 Å². The average molecular weight is 261 g/mol. The largest absolute Gasteiger partial charge is 0.484 e. The maximum absolute atomic E-state index is 12.1. The maximum Gasteiger partial charge on any atom is 0.260 e. The molecule has 1 heterocycles. The van der Waals surface area contributed by atoms with Crippen LogP contribution in [0.5, 0.6) is 5.75 Å². The number of hydrogen-bond donors (Lipinski definition) is 0. The van der Waals surface area contributed by atoms with Crippen LogP contribution in [0, 0.1) is 19.8 Å². The van der Waals surface area contributed by atoms with E-state index >= 15 is 0 Å². The summed E-state index contributed by atoms with van der Waals surface area (Å²) in [6.45, 7) is 8.21. The van der Waals surface area contributed by atoms with Crippen molar-refractivity contribution in [1.29, 1.82) is 0 Å². The van der Waals surface area contributed by atoms with Gasteiger partial charge in [-0.1, -0.05) is 13.0 Å². The number of rotatable bonds is 3. The van der Waals surface area contributed by atoms with Gasteiger partial charge in [-0.05, 0) is 55.9 Å². The van der Waals surface area contributed by atoms with E-state index in [1.54, 1.807) is 0 Å². The minimum atomic E-state index is 0.102. The Morgan fingerprint density at radius 1 is 1.37 bits per heavy atom. The smallest absolute Gasteiger partial charge is 0.260 e. The number of benzene rings is 1. The van der Waals surface area contributed by atoms with E-state index in [2.05, 4.69) is 20.8 Å². The van der Waals surface area contributed by atoms with Crippen molar-refractivity contribution in [3.8, 4) is 5.75 Å². The number of carbonyl (C=O) groups excluding carboxylic acids is 1. The Balaban J connectivity index is 1.87. The molecule has 1 amide bonds. The highest BCUT2D eigenvalue weighted by Crippen LogP contribution is 2.18. The van der Waals surface area contributed by atoms with Crippen molar-refractivity contribution in [1.82, 2.24) is 4.90 Å². The van der Waals surface area contributed by atoms with Crippen LogP contribution >= 0.6 is 0 Å². The van der Waals surface area contributed by atoms with E-state index in [1.165, 1.54) is 17.5 Å². The van der Waals surface area contributed by atoms with Crippen molar-refractivity contribution in [2.45, 2.75) is 33.6 Å². The third-order valence-electron chi connectivity index (χ3n) is 3.85. The molecule has 0 bridgehead atoms. The van der Waals surface area contributed by atoms with Crippen LogP contribution in [0.2, 0.25) is 0 Å². The number of likely N-dealkylation sites (tertiary alicyclic amines) is 1. The monoisotopic (exact) mass is 261 g/mol. The van der Waals surface area contributed by atoms with Crippen LogP contribution in [0.25, 0.3) is 0 Å². The lowest BCUT2D eigenvalue weighted by Gasteiger charge is -2.30. The summed E-state index contributed by atoms with van der Waals surface area (Å²) in [5.74, 6) is 1.49. The van der Waals surface area contributed by atoms with Gasteiger partial charge in [-0.3, -0.25) is 4.79 Å².